The highest BCUT2D eigenvalue weighted by Gasteiger charge is 2.28. The minimum Gasteiger partial charge on any atom is -0.394 e. The molecule has 21 heavy (non-hydrogen) atoms. The van der Waals surface area contributed by atoms with Crippen molar-refractivity contribution in [1.29, 1.82) is 0 Å². The molecule has 0 spiro atoms. The Kier molecular flexibility index (Phi) is 3.62. The molecular weight excluding hydrogens is 260 g/mol. The number of hydrogen-bond acceptors (Lipinski definition) is 3. The van der Waals surface area contributed by atoms with Gasteiger partial charge in [-0.1, -0.05) is 44.2 Å². The predicted octanol–water partition coefficient (Wildman–Crippen LogP) is 3.12. The molecule has 1 aliphatic heterocycles. The fraction of sp³-hybridized carbons (Fsp3) is 0.471. The molecule has 1 fully saturated rings. The predicted molar refractivity (Wildman–Crippen MR) is 87.7 cm³/mol. The molecule has 4 nitrogen and oxygen atoms in total. The number of aromatic nitrogens is 2. The van der Waals surface area contributed by atoms with Crippen LogP contribution in [0, 0.1) is 0 Å². The van der Waals surface area contributed by atoms with Crippen molar-refractivity contribution in [1.82, 2.24) is 9.78 Å². The Balaban J connectivity index is 1.84. The number of nitrogens with two attached hydrogens (primary N) is 1. The van der Waals surface area contributed by atoms with E-state index in [1.54, 1.807) is 0 Å². The van der Waals surface area contributed by atoms with Crippen LogP contribution < -0.4 is 10.6 Å². The monoisotopic (exact) mass is 284 g/mol. The second kappa shape index (κ2) is 5.43. The summed E-state index contributed by atoms with van der Waals surface area (Å²) in [6, 6.07) is 10.8. The lowest BCUT2D eigenvalue weighted by Gasteiger charge is -2.19. The lowest BCUT2D eigenvalue weighted by atomic mass is 9.99. The van der Waals surface area contributed by atoms with Crippen molar-refractivity contribution in [3.63, 3.8) is 0 Å². The summed E-state index contributed by atoms with van der Waals surface area (Å²) in [6.07, 6.45) is 1.17. The number of benzene rings is 1. The van der Waals surface area contributed by atoms with E-state index in [1.807, 2.05) is 11.7 Å². The summed E-state index contributed by atoms with van der Waals surface area (Å²) in [5.74, 6) is 2.03. The molecule has 0 saturated carbocycles. The Morgan fingerprint density at radius 2 is 1.95 bits per heavy atom. The Labute approximate surface area is 126 Å². The molecule has 1 aromatic heterocycles. The van der Waals surface area contributed by atoms with Gasteiger partial charge < -0.3 is 10.6 Å². The summed E-state index contributed by atoms with van der Waals surface area (Å²) in [6.45, 7) is 6.34. The average molecular weight is 284 g/mol. The third-order valence-electron chi connectivity index (χ3n) is 4.39. The van der Waals surface area contributed by atoms with Crippen molar-refractivity contribution in [2.45, 2.75) is 32.1 Å². The van der Waals surface area contributed by atoms with Crippen molar-refractivity contribution in [3.8, 4) is 0 Å². The second-order valence-electron chi connectivity index (χ2n) is 6.24. The second-order valence-corrected chi connectivity index (χ2v) is 6.24. The van der Waals surface area contributed by atoms with Crippen molar-refractivity contribution >= 4 is 11.5 Å². The summed E-state index contributed by atoms with van der Waals surface area (Å²) < 4.78 is 1.94. The van der Waals surface area contributed by atoms with Gasteiger partial charge in [-0.2, -0.15) is 5.10 Å². The van der Waals surface area contributed by atoms with Crippen molar-refractivity contribution < 1.29 is 0 Å². The van der Waals surface area contributed by atoms with Crippen LogP contribution in [0.2, 0.25) is 0 Å². The zero-order valence-electron chi connectivity index (χ0n) is 13.1. The van der Waals surface area contributed by atoms with Gasteiger partial charge in [-0.15, -0.1) is 0 Å². The molecule has 1 saturated heterocycles. The maximum absolute atomic E-state index is 6.34. The summed E-state index contributed by atoms with van der Waals surface area (Å²) in [5, 5.41) is 4.60. The molecule has 3 rings (SSSR count). The van der Waals surface area contributed by atoms with Gasteiger partial charge in [0.2, 0.25) is 0 Å². The Hall–Kier alpha value is -1.97. The van der Waals surface area contributed by atoms with Crippen LogP contribution in [0.15, 0.2) is 30.3 Å². The van der Waals surface area contributed by atoms with Crippen LogP contribution in [0.5, 0.6) is 0 Å². The molecule has 1 atom stereocenters. The number of nitrogen functional groups attached to an aromatic ring is 1. The van der Waals surface area contributed by atoms with Gasteiger partial charge in [0, 0.05) is 26.1 Å². The molecule has 112 valence electrons. The van der Waals surface area contributed by atoms with Gasteiger partial charge in [0.15, 0.2) is 0 Å². The largest absolute Gasteiger partial charge is 0.394 e. The number of rotatable bonds is 3. The number of aryl methyl sites for hydroxylation is 1. The highest BCUT2D eigenvalue weighted by Crippen LogP contribution is 2.36. The van der Waals surface area contributed by atoms with E-state index in [4.69, 9.17) is 5.73 Å². The fourth-order valence-electron chi connectivity index (χ4n) is 3.30. The van der Waals surface area contributed by atoms with Gasteiger partial charge in [-0.25, -0.2) is 0 Å². The molecule has 2 aromatic rings. The van der Waals surface area contributed by atoms with E-state index in [1.165, 1.54) is 12.0 Å². The third-order valence-corrected chi connectivity index (χ3v) is 4.39. The normalized spacial score (nSPS) is 18.7. The van der Waals surface area contributed by atoms with E-state index in [9.17, 15) is 0 Å². The third kappa shape index (κ3) is 2.50. The first-order valence-corrected chi connectivity index (χ1v) is 7.70. The molecule has 0 radical (unpaired) electrons. The van der Waals surface area contributed by atoms with Crippen LogP contribution in [0.3, 0.4) is 0 Å². The minimum atomic E-state index is 0.359. The fourth-order valence-corrected chi connectivity index (χ4v) is 3.30. The van der Waals surface area contributed by atoms with Crippen LogP contribution >= 0.6 is 0 Å². The standard InChI is InChI=1S/C17H24N4/c1-12(2)16-15(18)17(20(3)19-16)21-10-9-14(11-21)13-7-5-4-6-8-13/h4-8,12,14H,9-11,18H2,1-3H3. The lowest BCUT2D eigenvalue weighted by molar-refractivity contribution is 0.699. The van der Waals surface area contributed by atoms with Crippen LogP contribution in [0.25, 0.3) is 0 Å². The highest BCUT2D eigenvalue weighted by atomic mass is 15.4. The molecule has 1 aliphatic rings. The van der Waals surface area contributed by atoms with Gasteiger partial charge in [-0.3, -0.25) is 4.68 Å². The van der Waals surface area contributed by atoms with Gasteiger partial charge in [0.25, 0.3) is 0 Å². The van der Waals surface area contributed by atoms with Crippen molar-refractivity contribution in [3.05, 3.63) is 41.6 Å². The first kappa shape index (κ1) is 14.0. The summed E-state index contributed by atoms with van der Waals surface area (Å²) in [4.78, 5) is 2.38. The molecule has 2 N–H and O–H groups in total. The number of hydrogen-bond donors (Lipinski definition) is 1. The van der Waals surface area contributed by atoms with E-state index in [2.05, 4.69) is 54.2 Å². The van der Waals surface area contributed by atoms with E-state index in [0.717, 1.165) is 30.3 Å². The highest BCUT2D eigenvalue weighted by molar-refractivity contribution is 5.67. The van der Waals surface area contributed by atoms with Gasteiger partial charge in [0.1, 0.15) is 5.82 Å². The van der Waals surface area contributed by atoms with Gasteiger partial charge >= 0.3 is 0 Å². The topological polar surface area (TPSA) is 47.1 Å². The molecular formula is C17H24N4. The quantitative estimate of drug-likeness (QED) is 0.942. The first-order chi connectivity index (χ1) is 10.1. The smallest absolute Gasteiger partial charge is 0.150 e. The van der Waals surface area contributed by atoms with E-state index >= 15 is 0 Å². The maximum atomic E-state index is 6.34. The average Bonchev–Trinajstić information content (AvgIpc) is 3.05. The Morgan fingerprint density at radius 1 is 1.24 bits per heavy atom. The maximum Gasteiger partial charge on any atom is 0.150 e. The van der Waals surface area contributed by atoms with Gasteiger partial charge in [0.05, 0.1) is 11.4 Å². The van der Waals surface area contributed by atoms with Crippen LogP contribution in [-0.2, 0) is 7.05 Å². The van der Waals surface area contributed by atoms with Gasteiger partial charge in [-0.05, 0) is 17.9 Å². The number of nitrogens with zero attached hydrogens (tertiary/aromatic N) is 3. The van der Waals surface area contributed by atoms with Crippen LogP contribution in [0.4, 0.5) is 11.5 Å². The summed E-state index contributed by atoms with van der Waals surface area (Å²) in [7, 11) is 1.99. The summed E-state index contributed by atoms with van der Waals surface area (Å²) in [5.41, 5.74) is 9.62. The molecule has 2 heterocycles. The minimum absolute atomic E-state index is 0.359. The molecule has 0 bridgehead atoms. The SMILES string of the molecule is CC(C)c1nn(C)c(N2CCC(c3ccccc3)C2)c1N. The zero-order chi connectivity index (χ0) is 15.0. The van der Waals surface area contributed by atoms with Crippen LogP contribution in [0.1, 0.15) is 43.4 Å². The van der Waals surface area contributed by atoms with E-state index < -0.39 is 0 Å². The molecule has 1 unspecified atom stereocenters. The molecule has 4 heteroatoms. The first-order valence-electron chi connectivity index (χ1n) is 7.70. The lowest BCUT2D eigenvalue weighted by Crippen LogP contribution is -2.23. The Bertz CT molecular complexity index is 615. The van der Waals surface area contributed by atoms with Crippen molar-refractivity contribution in [2.24, 2.45) is 7.05 Å². The summed E-state index contributed by atoms with van der Waals surface area (Å²) >= 11 is 0. The van der Waals surface area contributed by atoms with E-state index in [0.29, 0.717) is 11.8 Å². The van der Waals surface area contributed by atoms with E-state index in [-0.39, 0.29) is 0 Å². The molecule has 1 aromatic carbocycles. The number of anilines is 2. The molecule has 0 aliphatic carbocycles. The Morgan fingerprint density at radius 3 is 2.57 bits per heavy atom. The van der Waals surface area contributed by atoms with Crippen LogP contribution in [-0.4, -0.2) is 22.9 Å². The van der Waals surface area contributed by atoms with Crippen molar-refractivity contribution in [2.75, 3.05) is 23.7 Å². The molecule has 0 amide bonds. The zero-order valence-corrected chi connectivity index (χ0v) is 13.1.